The summed E-state index contributed by atoms with van der Waals surface area (Å²) in [7, 11) is -4.14. The summed E-state index contributed by atoms with van der Waals surface area (Å²) in [6.45, 7) is 5.36. The molecule has 1 aromatic heterocycles. The average molecular weight is 289 g/mol. The number of hydrogen-bond acceptors (Lipinski definition) is 5. The molecule has 5 nitrogen and oxygen atoms in total. The van der Waals surface area contributed by atoms with Gasteiger partial charge in [0.2, 0.25) is 0 Å². The first-order valence-electron chi connectivity index (χ1n) is 5.63. The molecule has 2 rings (SSSR count). The topological polar surface area (TPSA) is 80.3 Å². The number of furan rings is 1. The van der Waals surface area contributed by atoms with E-state index in [-0.39, 0.29) is 16.4 Å². The molecule has 20 heavy (non-hydrogen) atoms. The summed E-state index contributed by atoms with van der Waals surface area (Å²) in [5, 5.41) is 9.20. The normalized spacial score (nSPS) is 10.8. The van der Waals surface area contributed by atoms with Gasteiger partial charge in [0.1, 0.15) is 11.0 Å². The minimum Gasteiger partial charge on any atom is -0.433 e. The van der Waals surface area contributed by atoms with Gasteiger partial charge >= 0.3 is 16.1 Å². The number of benzene rings is 1. The lowest BCUT2D eigenvalue weighted by atomic mass is 10.0. The lowest BCUT2D eigenvalue weighted by Gasteiger charge is -2.09. The summed E-state index contributed by atoms with van der Waals surface area (Å²) >= 11 is 0. The van der Waals surface area contributed by atoms with Crippen LogP contribution in [0.25, 0.3) is 6.08 Å². The van der Waals surface area contributed by atoms with Crippen molar-refractivity contribution in [1.29, 1.82) is 5.26 Å². The minimum atomic E-state index is -4.14. The Morgan fingerprint density at radius 3 is 2.70 bits per heavy atom. The monoisotopic (exact) mass is 289 g/mol. The Kier molecular flexibility index (Phi) is 3.63. The molecule has 0 saturated heterocycles. The molecule has 0 fully saturated rings. The van der Waals surface area contributed by atoms with Gasteiger partial charge in [-0.1, -0.05) is 18.7 Å². The molecule has 0 radical (unpaired) electrons. The third-order valence-corrected chi connectivity index (χ3v) is 3.96. The fourth-order valence-corrected chi connectivity index (χ4v) is 2.80. The predicted molar refractivity (Wildman–Crippen MR) is 72.5 cm³/mol. The first-order valence-corrected chi connectivity index (χ1v) is 7.04. The standard InChI is InChI=1S/C14H11NO4S/c1-3-11-10(2)6-7-13(12(11)9-15)20(16,17)19-14-5-4-8-18-14/h3-8H,1H2,2H3. The molecule has 0 N–H and O–H groups in total. The second kappa shape index (κ2) is 5.23. The zero-order chi connectivity index (χ0) is 14.8. The molecule has 0 aliphatic rings. The number of nitrogens with zero attached hydrogens (tertiary/aromatic N) is 1. The fraction of sp³-hybridized carbons (Fsp3) is 0.0714. The zero-order valence-electron chi connectivity index (χ0n) is 10.7. The van der Waals surface area contributed by atoms with E-state index >= 15 is 0 Å². The predicted octanol–water partition coefficient (Wildman–Crippen LogP) is 2.87. The molecule has 1 heterocycles. The highest BCUT2D eigenvalue weighted by Gasteiger charge is 2.24. The Bertz CT molecular complexity index is 783. The van der Waals surface area contributed by atoms with E-state index in [2.05, 4.69) is 6.58 Å². The van der Waals surface area contributed by atoms with Gasteiger partial charge in [-0.3, -0.25) is 0 Å². The molecule has 0 unspecified atom stereocenters. The molecule has 0 saturated carbocycles. The number of nitriles is 1. The van der Waals surface area contributed by atoms with E-state index < -0.39 is 10.1 Å². The summed E-state index contributed by atoms with van der Waals surface area (Å²) in [5.41, 5.74) is 1.23. The molecule has 0 aliphatic heterocycles. The smallest absolute Gasteiger partial charge is 0.343 e. The van der Waals surface area contributed by atoms with Crippen molar-refractivity contribution >= 4 is 16.2 Å². The first-order chi connectivity index (χ1) is 9.49. The van der Waals surface area contributed by atoms with Gasteiger partial charge in [-0.05, 0) is 30.2 Å². The van der Waals surface area contributed by atoms with E-state index in [0.717, 1.165) is 5.56 Å². The van der Waals surface area contributed by atoms with Crippen LogP contribution in [0.5, 0.6) is 5.95 Å². The van der Waals surface area contributed by atoms with Crippen LogP contribution < -0.4 is 4.18 Å². The van der Waals surface area contributed by atoms with Gasteiger partial charge in [-0.25, -0.2) is 0 Å². The molecular formula is C14H11NO4S. The van der Waals surface area contributed by atoms with E-state index in [4.69, 9.17) is 8.60 Å². The Morgan fingerprint density at radius 1 is 1.40 bits per heavy atom. The lowest BCUT2D eigenvalue weighted by molar-refractivity contribution is 0.382. The van der Waals surface area contributed by atoms with Crippen LogP contribution in [-0.2, 0) is 10.1 Å². The molecule has 0 aliphatic carbocycles. The lowest BCUT2D eigenvalue weighted by Crippen LogP contribution is -2.12. The second-order valence-electron chi connectivity index (χ2n) is 3.95. The van der Waals surface area contributed by atoms with Crippen LogP contribution in [0, 0.1) is 18.3 Å². The van der Waals surface area contributed by atoms with Crippen LogP contribution in [0.3, 0.4) is 0 Å². The zero-order valence-corrected chi connectivity index (χ0v) is 11.5. The molecule has 6 heteroatoms. The van der Waals surface area contributed by atoms with E-state index in [1.807, 2.05) is 6.07 Å². The third-order valence-electron chi connectivity index (χ3n) is 2.70. The molecule has 0 spiro atoms. The number of hydrogen-bond donors (Lipinski definition) is 0. The average Bonchev–Trinajstić information content (AvgIpc) is 2.89. The first kappa shape index (κ1) is 13.9. The SMILES string of the molecule is C=Cc1c(C)ccc(S(=O)(=O)Oc2ccco2)c1C#N. The van der Waals surface area contributed by atoms with Gasteiger partial charge in [-0.15, -0.1) is 0 Å². The molecule has 2 aromatic rings. The highest BCUT2D eigenvalue weighted by Crippen LogP contribution is 2.26. The van der Waals surface area contributed by atoms with Gasteiger partial charge in [0, 0.05) is 6.07 Å². The van der Waals surface area contributed by atoms with Crippen molar-refractivity contribution in [2.75, 3.05) is 0 Å². The molecule has 0 bridgehead atoms. The van der Waals surface area contributed by atoms with Crippen LogP contribution in [0.15, 0.2) is 46.4 Å². The van der Waals surface area contributed by atoms with Gasteiger partial charge < -0.3 is 8.60 Å². The maximum Gasteiger partial charge on any atom is 0.343 e. The van der Waals surface area contributed by atoms with Gasteiger partial charge in [0.15, 0.2) is 0 Å². The summed E-state index contributed by atoms with van der Waals surface area (Å²) in [5.74, 6) is -0.158. The fourth-order valence-electron chi connectivity index (χ4n) is 1.75. The van der Waals surface area contributed by atoms with Crippen LogP contribution in [0.1, 0.15) is 16.7 Å². The summed E-state index contributed by atoms with van der Waals surface area (Å²) in [6.07, 6.45) is 2.74. The van der Waals surface area contributed by atoms with Gasteiger partial charge in [0.25, 0.3) is 0 Å². The van der Waals surface area contributed by atoms with Gasteiger partial charge in [0.05, 0.1) is 11.8 Å². The molecular weight excluding hydrogens is 278 g/mol. The second-order valence-corrected chi connectivity index (χ2v) is 5.47. The highest BCUT2D eigenvalue weighted by atomic mass is 32.2. The molecule has 1 aromatic carbocycles. The Labute approximate surface area is 116 Å². The Morgan fingerprint density at radius 2 is 2.15 bits per heavy atom. The van der Waals surface area contributed by atoms with Crippen molar-refractivity contribution in [3.8, 4) is 12.0 Å². The maximum atomic E-state index is 12.2. The quantitative estimate of drug-likeness (QED) is 0.808. The van der Waals surface area contributed by atoms with Crippen molar-refractivity contribution in [3.63, 3.8) is 0 Å². The van der Waals surface area contributed by atoms with E-state index in [0.29, 0.717) is 5.56 Å². The van der Waals surface area contributed by atoms with E-state index in [1.165, 1.54) is 30.5 Å². The van der Waals surface area contributed by atoms with Crippen molar-refractivity contribution in [2.24, 2.45) is 0 Å². The molecule has 0 atom stereocenters. The van der Waals surface area contributed by atoms with Crippen molar-refractivity contribution in [1.82, 2.24) is 0 Å². The van der Waals surface area contributed by atoms with Crippen molar-refractivity contribution in [2.45, 2.75) is 11.8 Å². The minimum absolute atomic E-state index is 0.00607. The van der Waals surface area contributed by atoms with Crippen molar-refractivity contribution < 1.29 is 17.0 Å². The number of aryl methyl sites for hydroxylation is 1. The van der Waals surface area contributed by atoms with Crippen LogP contribution in [-0.4, -0.2) is 8.42 Å². The van der Waals surface area contributed by atoms with Crippen LogP contribution >= 0.6 is 0 Å². The summed E-state index contributed by atoms with van der Waals surface area (Å²) in [4.78, 5) is -0.211. The Balaban J connectivity index is 2.58. The molecule has 0 amide bonds. The maximum absolute atomic E-state index is 12.2. The van der Waals surface area contributed by atoms with Gasteiger partial charge in [-0.2, -0.15) is 13.7 Å². The summed E-state index contributed by atoms with van der Waals surface area (Å²) in [6, 6.07) is 7.67. The van der Waals surface area contributed by atoms with Crippen LogP contribution in [0.4, 0.5) is 0 Å². The van der Waals surface area contributed by atoms with E-state index in [9.17, 15) is 13.7 Å². The number of rotatable bonds is 4. The Hall–Kier alpha value is -2.52. The van der Waals surface area contributed by atoms with Crippen LogP contribution in [0.2, 0.25) is 0 Å². The third kappa shape index (κ3) is 2.44. The summed E-state index contributed by atoms with van der Waals surface area (Å²) < 4.78 is 34.1. The van der Waals surface area contributed by atoms with Crippen molar-refractivity contribution in [3.05, 3.63) is 53.8 Å². The highest BCUT2D eigenvalue weighted by molar-refractivity contribution is 7.87. The molecule has 102 valence electrons. The largest absolute Gasteiger partial charge is 0.433 e. The van der Waals surface area contributed by atoms with E-state index in [1.54, 1.807) is 13.0 Å².